The van der Waals surface area contributed by atoms with Crippen LogP contribution in [-0.2, 0) is 6.42 Å². The number of hydrogen-bond acceptors (Lipinski definition) is 1. The molecular weight excluding hydrogens is 382 g/mol. The third kappa shape index (κ3) is 3.28. The molecular formula is C14H8Br2F2O. The lowest BCUT2D eigenvalue weighted by Crippen LogP contribution is -2.07. The van der Waals surface area contributed by atoms with Crippen molar-refractivity contribution >= 4 is 37.6 Å². The van der Waals surface area contributed by atoms with E-state index in [0.29, 0.717) is 4.47 Å². The Hall–Kier alpha value is -1.07. The van der Waals surface area contributed by atoms with Crippen LogP contribution in [0.5, 0.6) is 0 Å². The van der Waals surface area contributed by atoms with Gasteiger partial charge in [-0.2, -0.15) is 0 Å². The summed E-state index contributed by atoms with van der Waals surface area (Å²) in [4.78, 5) is 12.0. The lowest BCUT2D eigenvalue weighted by Gasteiger charge is -2.05. The van der Waals surface area contributed by atoms with Crippen LogP contribution >= 0.6 is 31.9 Å². The average molecular weight is 390 g/mol. The van der Waals surface area contributed by atoms with Gasteiger partial charge in [0.1, 0.15) is 11.6 Å². The molecule has 2 aromatic rings. The Morgan fingerprint density at radius 3 is 2.53 bits per heavy atom. The van der Waals surface area contributed by atoms with Crippen molar-refractivity contribution in [3.8, 4) is 0 Å². The first-order chi connectivity index (χ1) is 8.99. The average Bonchev–Trinajstić information content (AvgIpc) is 2.36. The van der Waals surface area contributed by atoms with Crippen molar-refractivity contribution in [3.63, 3.8) is 0 Å². The van der Waals surface area contributed by atoms with Crippen LogP contribution in [0.4, 0.5) is 8.78 Å². The van der Waals surface area contributed by atoms with Crippen LogP contribution in [0.3, 0.4) is 0 Å². The first kappa shape index (κ1) is 14.3. The summed E-state index contributed by atoms with van der Waals surface area (Å²) in [5, 5.41) is 0. The van der Waals surface area contributed by atoms with Crippen LogP contribution in [0.25, 0.3) is 0 Å². The Bertz CT molecular complexity index is 641. The fourth-order valence-electron chi connectivity index (χ4n) is 1.65. The number of carbonyl (C=O) groups excluding carboxylic acids is 1. The number of ketones is 1. The number of rotatable bonds is 3. The number of halogens is 4. The minimum atomic E-state index is -0.620. The molecule has 0 spiro atoms. The van der Waals surface area contributed by atoms with Crippen molar-refractivity contribution in [1.82, 2.24) is 0 Å². The fraction of sp³-hybridized carbons (Fsp3) is 0.0714. The van der Waals surface area contributed by atoms with E-state index >= 15 is 0 Å². The summed E-state index contributed by atoms with van der Waals surface area (Å²) in [5.41, 5.74) is 0.198. The third-order valence-electron chi connectivity index (χ3n) is 2.62. The Kier molecular flexibility index (Phi) is 4.47. The molecule has 1 nitrogen and oxygen atoms in total. The van der Waals surface area contributed by atoms with Crippen LogP contribution in [0.2, 0.25) is 0 Å². The van der Waals surface area contributed by atoms with Crippen LogP contribution < -0.4 is 0 Å². The second-order valence-corrected chi connectivity index (χ2v) is 5.71. The highest BCUT2D eigenvalue weighted by Crippen LogP contribution is 2.21. The summed E-state index contributed by atoms with van der Waals surface area (Å²) in [7, 11) is 0. The van der Waals surface area contributed by atoms with Crippen LogP contribution in [0.1, 0.15) is 15.9 Å². The standard InChI is InChI=1S/C14H8Br2F2O/c15-9-5-4-8(12(17)7-9)6-13(19)10-2-1-3-11(16)14(10)18/h1-5,7H,6H2. The molecule has 98 valence electrons. The van der Waals surface area contributed by atoms with Crippen molar-refractivity contribution in [2.45, 2.75) is 6.42 Å². The van der Waals surface area contributed by atoms with Crippen molar-refractivity contribution in [1.29, 1.82) is 0 Å². The molecule has 0 fully saturated rings. The molecule has 19 heavy (non-hydrogen) atoms. The molecule has 0 aliphatic heterocycles. The summed E-state index contributed by atoms with van der Waals surface area (Å²) >= 11 is 6.15. The summed E-state index contributed by atoms with van der Waals surface area (Å²) in [6.07, 6.45) is -0.174. The van der Waals surface area contributed by atoms with Gasteiger partial charge in [-0.05, 0) is 45.8 Å². The minimum Gasteiger partial charge on any atom is -0.294 e. The van der Waals surface area contributed by atoms with Gasteiger partial charge in [0.15, 0.2) is 5.78 Å². The van der Waals surface area contributed by atoms with Gasteiger partial charge in [0.05, 0.1) is 10.0 Å². The number of carbonyl (C=O) groups is 1. The second-order valence-electron chi connectivity index (χ2n) is 3.94. The minimum absolute atomic E-state index is 0.0447. The maximum absolute atomic E-state index is 13.8. The van der Waals surface area contributed by atoms with E-state index in [-0.39, 0.29) is 22.0 Å². The zero-order chi connectivity index (χ0) is 14.0. The predicted octanol–water partition coefficient (Wildman–Crippen LogP) is 4.92. The molecule has 2 aromatic carbocycles. The van der Waals surface area contributed by atoms with Crippen molar-refractivity contribution < 1.29 is 13.6 Å². The molecule has 0 atom stereocenters. The molecule has 0 N–H and O–H groups in total. The van der Waals surface area contributed by atoms with Crippen molar-refractivity contribution in [2.24, 2.45) is 0 Å². The molecule has 0 aliphatic rings. The zero-order valence-corrected chi connectivity index (χ0v) is 12.8. The monoisotopic (exact) mass is 388 g/mol. The van der Waals surface area contributed by atoms with E-state index in [1.54, 1.807) is 12.1 Å². The van der Waals surface area contributed by atoms with Crippen molar-refractivity contribution in [2.75, 3.05) is 0 Å². The zero-order valence-electron chi connectivity index (χ0n) is 9.59. The van der Waals surface area contributed by atoms with Gasteiger partial charge in [0.25, 0.3) is 0 Å². The Morgan fingerprint density at radius 1 is 1.11 bits per heavy atom. The van der Waals surface area contributed by atoms with Gasteiger partial charge >= 0.3 is 0 Å². The van der Waals surface area contributed by atoms with E-state index in [2.05, 4.69) is 31.9 Å². The van der Waals surface area contributed by atoms with E-state index in [9.17, 15) is 13.6 Å². The van der Waals surface area contributed by atoms with Crippen LogP contribution in [-0.4, -0.2) is 5.78 Å². The second kappa shape index (κ2) is 5.92. The highest BCUT2D eigenvalue weighted by Gasteiger charge is 2.16. The molecule has 0 amide bonds. The molecule has 0 aliphatic carbocycles. The molecule has 0 unspecified atom stereocenters. The highest BCUT2D eigenvalue weighted by molar-refractivity contribution is 9.10. The topological polar surface area (TPSA) is 17.1 Å². The van der Waals surface area contributed by atoms with Gasteiger partial charge in [0, 0.05) is 10.9 Å². The summed E-state index contributed by atoms with van der Waals surface area (Å²) in [5.74, 6) is -1.57. The van der Waals surface area contributed by atoms with Gasteiger partial charge in [-0.15, -0.1) is 0 Å². The highest BCUT2D eigenvalue weighted by atomic mass is 79.9. The van der Waals surface area contributed by atoms with E-state index in [1.807, 2.05) is 0 Å². The van der Waals surface area contributed by atoms with Gasteiger partial charge < -0.3 is 0 Å². The molecule has 2 rings (SSSR count). The van der Waals surface area contributed by atoms with Gasteiger partial charge in [-0.25, -0.2) is 8.78 Å². The fourth-order valence-corrected chi connectivity index (χ4v) is 2.35. The third-order valence-corrected chi connectivity index (χ3v) is 3.72. The van der Waals surface area contributed by atoms with E-state index in [0.717, 1.165) is 0 Å². The SMILES string of the molecule is O=C(Cc1ccc(Br)cc1F)c1cccc(Br)c1F. The van der Waals surface area contributed by atoms with Gasteiger partial charge in [-0.1, -0.05) is 28.1 Å². The molecule has 0 saturated carbocycles. The van der Waals surface area contributed by atoms with Gasteiger partial charge in [-0.3, -0.25) is 4.79 Å². The normalized spacial score (nSPS) is 10.5. The first-order valence-corrected chi connectivity index (χ1v) is 6.99. The largest absolute Gasteiger partial charge is 0.294 e. The number of Topliss-reactive ketones (excluding diaryl/α,β-unsaturated/α-hetero) is 1. The molecule has 5 heteroatoms. The van der Waals surface area contributed by atoms with Crippen LogP contribution in [0, 0.1) is 11.6 Å². The lowest BCUT2D eigenvalue weighted by molar-refractivity contribution is 0.0988. The Balaban J connectivity index is 2.28. The molecule has 0 aromatic heterocycles. The van der Waals surface area contributed by atoms with Gasteiger partial charge in [0.2, 0.25) is 0 Å². The summed E-state index contributed by atoms with van der Waals surface area (Å²) in [6, 6.07) is 8.89. The maximum atomic E-state index is 13.8. The smallest absolute Gasteiger partial charge is 0.170 e. The Morgan fingerprint density at radius 2 is 1.84 bits per heavy atom. The van der Waals surface area contributed by atoms with E-state index < -0.39 is 17.4 Å². The molecule has 0 bridgehead atoms. The van der Waals surface area contributed by atoms with E-state index in [1.165, 1.54) is 24.3 Å². The maximum Gasteiger partial charge on any atom is 0.170 e. The summed E-state index contributed by atoms with van der Waals surface area (Å²) in [6.45, 7) is 0. The Labute approximate surface area is 125 Å². The summed E-state index contributed by atoms with van der Waals surface area (Å²) < 4.78 is 28.2. The number of benzene rings is 2. The first-order valence-electron chi connectivity index (χ1n) is 5.40. The quantitative estimate of drug-likeness (QED) is 0.681. The molecule has 0 radical (unpaired) electrons. The van der Waals surface area contributed by atoms with Crippen molar-refractivity contribution in [3.05, 3.63) is 68.1 Å². The molecule has 0 heterocycles. The number of hydrogen-bond donors (Lipinski definition) is 0. The van der Waals surface area contributed by atoms with E-state index in [4.69, 9.17) is 0 Å². The lowest BCUT2D eigenvalue weighted by atomic mass is 10.0. The predicted molar refractivity (Wildman–Crippen MR) is 76.2 cm³/mol. The molecule has 0 saturated heterocycles. The van der Waals surface area contributed by atoms with Crippen LogP contribution in [0.15, 0.2) is 45.3 Å².